The SMILES string of the molecule is C[NH+](C)CC[NH+](C)Cc1coc2ccccc2c1=O. The third-order valence-electron chi connectivity index (χ3n) is 3.30. The van der Waals surface area contributed by atoms with Crippen molar-refractivity contribution < 1.29 is 14.2 Å². The van der Waals surface area contributed by atoms with Crippen LogP contribution in [-0.2, 0) is 6.54 Å². The van der Waals surface area contributed by atoms with E-state index in [1.807, 2.05) is 24.3 Å². The minimum absolute atomic E-state index is 0.0957. The Hall–Kier alpha value is -1.65. The number of quaternary nitrogens is 2. The van der Waals surface area contributed by atoms with Crippen molar-refractivity contribution in [2.24, 2.45) is 0 Å². The summed E-state index contributed by atoms with van der Waals surface area (Å²) in [5.41, 5.74) is 1.51. The maximum Gasteiger partial charge on any atom is 0.201 e. The topological polar surface area (TPSA) is 39.1 Å². The Kier molecular flexibility index (Phi) is 4.35. The smallest absolute Gasteiger partial charge is 0.201 e. The summed E-state index contributed by atoms with van der Waals surface area (Å²) in [4.78, 5) is 15.1. The van der Waals surface area contributed by atoms with E-state index in [0.717, 1.165) is 18.7 Å². The number of benzene rings is 1. The molecular formula is C15H22N2O2+2. The molecule has 1 unspecified atom stereocenters. The lowest BCUT2D eigenvalue weighted by molar-refractivity contribution is -0.937. The highest BCUT2D eigenvalue weighted by molar-refractivity contribution is 5.76. The molecule has 0 amide bonds. The summed E-state index contributed by atoms with van der Waals surface area (Å²) in [7, 11) is 6.38. The Morgan fingerprint density at radius 2 is 1.84 bits per heavy atom. The van der Waals surface area contributed by atoms with Crippen LogP contribution in [0.4, 0.5) is 0 Å². The predicted octanol–water partition coefficient (Wildman–Crippen LogP) is -1.05. The van der Waals surface area contributed by atoms with Crippen LogP contribution in [0.2, 0.25) is 0 Å². The van der Waals surface area contributed by atoms with Gasteiger partial charge in [-0.2, -0.15) is 0 Å². The number of fused-ring (bicyclic) bond motifs is 1. The highest BCUT2D eigenvalue weighted by Gasteiger charge is 2.12. The fraction of sp³-hybridized carbons (Fsp3) is 0.400. The molecule has 0 saturated carbocycles. The molecule has 1 aromatic carbocycles. The lowest BCUT2D eigenvalue weighted by atomic mass is 10.1. The van der Waals surface area contributed by atoms with E-state index in [4.69, 9.17) is 4.42 Å². The second kappa shape index (κ2) is 5.99. The van der Waals surface area contributed by atoms with Gasteiger partial charge in [0.1, 0.15) is 31.5 Å². The molecule has 2 rings (SSSR count). The molecule has 19 heavy (non-hydrogen) atoms. The number of rotatable bonds is 5. The highest BCUT2D eigenvalue weighted by atomic mass is 16.3. The molecule has 0 radical (unpaired) electrons. The van der Waals surface area contributed by atoms with E-state index in [1.54, 1.807) is 6.26 Å². The molecule has 4 heteroatoms. The molecule has 102 valence electrons. The Morgan fingerprint density at radius 3 is 2.58 bits per heavy atom. The van der Waals surface area contributed by atoms with Gasteiger partial charge in [0.2, 0.25) is 5.43 Å². The minimum Gasteiger partial charge on any atom is -0.464 e. The van der Waals surface area contributed by atoms with Crippen molar-refractivity contribution in [1.29, 1.82) is 0 Å². The Bertz CT molecular complexity index is 604. The maximum absolute atomic E-state index is 12.3. The van der Waals surface area contributed by atoms with Crippen molar-refractivity contribution in [2.75, 3.05) is 34.2 Å². The number of para-hydroxylation sites is 1. The van der Waals surface area contributed by atoms with E-state index in [9.17, 15) is 4.79 Å². The predicted molar refractivity (Wildman–Crippen MR) is 75.6 cm³/mol. The van der Waals surface area contributed by atoms with Crippen LogP contribution in [0.15, 0.2) is 39.7 Å². The average Bonchev–Trinajstić information content (AvgIpc) is 2.40. The zero-order chi connectivity index (χ0) is 13.8. The number of likely N-dealkylation sites (N-methyl/N-ethyl adjacent to an activating group) is 2. The third kappa shape index (κ3) is 3.43. The van der Waals surface area contributed by atoms with Crippen molar-refractivity contribution in [3.05, 3.63) is 46.3 Å². The molecule has 1 atom stereocenters. The Balaban J connectivity index is 2.17. The van der Waals surface area contributed by atoms with Crippen LogP contribution in [0.3, 0.4) is 0 Å². The maximum atomic E-state index is 12.3. The van der Waals surface area contributed by atoms with Gasteiger partial charge in [-0.1, -0.05) is 12.1 Å². The van der Waals surface area contributed by atoms with Crippen molar-refractivity contribution in [3.8, 4) is 0 Å². The zero-order valence-electron chi connectivity index (χ0n) is 11.8. The number of hydrogen-bond acceptors (Lipinski definition) is 2. The molecule has 2 N–H and O–H groups in total. The molecular weight excluding hydrogens is 240 g/mol. The molecule has 0 fully saturated rings. The quantitative estimate of drug-likeness (QED) is 0.722. The van der Waals surface area contributed by atoms with Gasteiger partial charge >= 0.3 is 0 Å². The van der Waals surface area contributed by atoms with Gasteiger partial charge in [0.05, 0.1) is 32.1 Å². The van der Waals surface area contributed by atoms with E-state index in [2.05, 4.69) is 21.1 Å². The van der Waals surface area contributed by atoms with Crippen molar-refractivity contribution >= 4 is 11.0 Å². The van der Waals surface area contributed by atoms with Gasteiger partial charge in [-0.05, 0) is 12.1 Å². The molecule has 0 saturated heterocycles. The van der Waals surface area contributed by atoms with Gasteiger partial charge < -0.3 is 14.2 Å². The second-order valence-electron chi connectivity index (χ2n) is 5.43. The molecule has 2 aromatic rings. The summed E-state index contributed by atoms with van der Waals surface area (Å²) in [6.45, 7) is 2.83. The second-order valence-corrected chi connectivity index (χ2v) is 5.43. The first-order chi connectivity index (χ1) is 9.08. The van der Waals surface area contributed by atoms with Gasteiger partial charge in [-0.25, -0.2) is 0 Å². The zero-order valence-corrected chi connectivity index (χ0v) is 11.8. The first kappa shape index (κ1) is 13.8. The van der Waals surface area contributed by atoms with Gasteiger partial charge in [0.25, 0.3) is 0 Å². The average molecular weight is 262 g/mol. The fourth-order valence-corrected chi connectivity index (χ4v) is 2.12. The van der Waals surface area contributed by atoms with Crippen molar-refractivity contribution in [2.45, 2.75) is 6.54 Å². The molecule has 4 nitrogen and oxygen atoms in total. The molecule has 0 spiro atoms. The van der Waals surface area contributed by atoms with E-state index in [1.165, 1.54) is 9.80 Å². The molecule has 0 aliphatic rings. The van der Waals surface area contributed by atoms with Crippen LogP contribution < -0.4 is 15.2 Å². The van der Waals surface area contributed by atoms with Gasteiger partial charge in [0, 0.05) is 0 Å². The lowest BCUT2D eigenvalue weighted by Crippen LogP contribution is -3.15. The third-order valence-corrected chi connectivity index (χ3v) is 3.30. The van der Waals surface area contributed by atoms with Crippen LogP contribution >= 0.6 is 0 Å². The van der Waals surface area contributed by atoms with E-state index in [-0.39, 0.29) is 5.43 Å². The summed E-state index contributed by atoms with van der Waals surface area (Å²) >= 11 is 0. The van der Waals surface area contributed by atoms with Gasteiger partial charge in [-0.3, -0.25) is 4.79 Å². The largest absolute Gasteiger partial charge is 0.464 e. The van der Waals surface area contributed by atoms with Gasteiger partial charge in [0.15, 0.2) is 0 Å². The Morgan fingerprint density at radius 1 is 1.11 bits per heavy atom. The Labute approximate surface area is 113 Å². The molecule has 0 aliphatic carbocycles. The summed E-state index contributed by atoms with van der Waals surface area (Å²) in [6.07, 6.45) is 1.61. The van der Waals surface area contributed by atoms with E-state index in [0.29, 0.717) is 17.5 Å². The van der Waals surface area contributed by atoms with E-state index < -0.39 is 0 Å². The molecule has 1 heterocycles. The first-order valence-corrected chi connectivity index (χ1v) is 6.67. The first-order valence-electron chi connectivity index (χ1n) is 6.67. The van der Waals surface area contributed by atoms with E-state index >= 15 is 0 Å². The number of hydrogen-bond donors (Lipinski definition) is 2. The van der Waals surface area contributed by atoms with Crippen LogP contribution in [0.25, 0.3) is 11.0 Å². The van der Waals surface area contributed by atoms with Crippen LogP contribution in [0.1, 0.15) is 5.56 Å². The van der Waals surface area contributed by atoms with Crippen LogP contribution in [-0.4, -0.2) is 34.2 Å². The number of nitrogens with one attached hydrogen (secondary N) is 2. The fourth-order valence-electron chi connectivity index (χ4n) is 2.12. The molecule has 0 bridgehead atoms. The van der Waals surface area contributed by atoms with Crippen LogP contribution in [0.5, 0.6) is 0 Å². The van der Waals surface area contributed by atoms with Gasteiger partial charge in [-0.15, -0.1) is 0 Å². The van der Waals surface area contributed by atoms with Crippen molar-refractivity contribution in [3.63, 3.8) is 0 Å². The molecule has 0 aliphatic heterocycles. The highest BCUT2D eigenvalue weighted by Crippen LogP contribution is 2.09. The standard InChI is InChI=1S/C15H20N2O2/c1-16(2)8-9-17(3)10-12-11-19-14-7-5-4-6-13(14)15(12)18/h4-7,11H,8-10H2,1-3H3/p+2. The minimum atomic E-state index is 0.0957. The summed E-state index contributed by atoms with van der Waals surface area (Å²) < 4.78 is 5.53. The summed E-state index contributed by atoms with van der Waals surface area (Å²) in [5, 5.41) is 0.672. The van der Waals surface area contributed by atoms with Crippen LogP contribution in [0, 0.1) is 0 Å². The summed E-state index contributed by atoms with van der Waals surface area (Å²) in [6, 6.07) is 7.40. The lowest BCUT2D eigenvalue weighted by Gasteiger charge is -2.14. The summed E-state index contributed by atoms with van der Waals surface area (Å²) in [5.74, 6) is 0. The normalized spacial score (nSPS) is 13.1. The molecule has 1 aromatic heterocycles. The van der Waals surface area contributed by atoms with Crippen molar-refractivity contribution in [1.82, 2.24) is 0 Å². The monoisotopic (exact) mass is 262 g/mol.